The topological polar surface area (TPSA) is 49.0 Å². The highest BCUT2D eigenvalue weighted by Crippen LogP contribution is 2.30. The van der Waals surface area contributed by atoms with Crippen LogP contribution in [0.1, 0.15) is 28.5 Å². The number of hydrogen-bond donors (Lipinski definition) is 1. The summed E-state index contributed by atoms with van der Waals surface area (Å²) < 4.78 is 0. The molecule has 1 amide bonds. The van der Waals surface area contributed by atoms with E-state index in [1.54, 1.807) is 6.20 Å². The molecule has 1 aliphatic heterocycles. The molecule has 0 saturated heterocycles. The second-order valence-corrected chi connectivity index (χ2v) is 5.26. The molecule has 1 aromatic heterocycles. The fourth-order valence-corrected chi connectivity index (χ4v) is 2.70. The van der Waals surface area contributed by atoms with Gasteiger partial charge in [-0.1, -0.05) is 25.1 Å². The molecule has 4 heteroatoms. The summed E-state index contributed by atoms with van der Waals surface area (Å²) in [5.74, 6) is 0.510. The van der Waals surface area contributed by atoms with E-state index in [0.717, 1.165) is 24.3 Å². The van der Waals surface area contributed by atoms with E-state index in [1.165, 1.54) is 5.56 Å². The SMILES string of the molecule is Cc1[nH]ncc1C(=O)N1CC(C)Cc2ccccc21. The third kappa shape index (κ3) is 2.03. The highest BCUT2D eigenvalue weighted by Gasteiger charge is 2.28. The first kappa shape index (κ1) is 12.0. The Balaban J connectivity index is 2.02. The predicted molar refractivity (Wildman–Crippen MR) is 74.3 cm³/mol. The molecule has 1 atom stereocenters. The molecule has 0 radical (unpaired) electrons. The smallest absolute Gasteiger partial charge is 0.261 e. The largest absolute Gasteiger partial charge is 0.308 e. The number of fused-ring (bicyclic) bond motifs is 1. The van der Waals surface area contributed by atoms with Gasteiger partial charge in [-0.15, -0.1) is 0 Å². The van der Waals surface area contributed by atoms with Gasteiger partial charge in [-0.25, -0.2) is 0 Å². The van der Waals surface area contributed by atoms with Crippen molar-refractivity contribution < 1.29 is 4.79 Å². The van der Waals surface area contributed by atoms with E-state index in [4.69, 9.17) is 0 Å². The number of aromatic nitrogens is 2. The molecule has 2 heterocycles. The molecule has 19 heavy (non-hydrogen) atoms. The first-order chi connectivity index (χ1) is 9.16. The average molecular weight is 255 g/mol. The molecule has 0 saturated carbocycles. The maximum atomic E-state index is 12.7. The van der Waals surface area contributed by atoms with E-state index in [1.807, 2.05) is 30.0 Å². The van der Waals surface area contributed by atoms with Crippen molar-refractivity contribution in [3.05, 3.63) is 47.3 Å². The van der Waals surface area contributed by atoms with Crippen molar-refractivity contribution in [2.24, 2.45) is 5.92 Å². The Hall–Kier alpha value is -2.10. The highest BCUT2D eigenvalue weighted by molar-refractivity contribution is 6.07. The van der Waals surface area contributed by atoms with Crippen LogP contribution in [0.5, 0.6) is 0 Å². The molecule has 2 aromatic rings. The zero-order valence-corrected chi connectivity index (χ0v) is 11.2. The van der Waals surface area contributed by atoms with Crippen LogP contribution < -0.4 is 4.90 Å². The van der Waals surface area contributed by atoms with Crippen molar-refractivity contribution in [1.29, 1.82) is 0 Å². The number of aromatic amines is 1. The van der Waals surface area contributed by atoms with E-state index >= 15 is 0 Å². The van der Waals surface area contributed by atoms with Gasteiger partial charge in [-0.3, -0.25) is 9.89 Å². The second kappa shape index (κ2) is 4.53. The Kier molecular flexibility index (Phi) is 2.85. The number of carbonyl (C=O) groups excluding carboxylic acids is 1. The highest BCUT2D eigenvalue weighted by atomic mass is 16.2. The maximum Gasteiger partial charge on any atom is 0.261 e. The van der Waals surface area contributed by atoms with Crippen LogP contribution in [0.2, 0.25) is 0 Å². The Bertz CT molecular complexity index is 617. The van der Waals surface area contributed by atoms with Crippen molar-refractivity contribution in [2.75, 3.05) is 11.4 Å². The molecule has 98 valence electrons. The fourth-order valence-electron chi connectivity index (χ4n) is 2.70. The second-order valence-electron chi connectivity index (χ2n) is 5.26. The van der Waals surface area contributed by atoms with Gasteiger partial charge in [0.2, 0.25) is 0 Å². The lowest BCUT2D eigenvalue weighted by atomic mass is 9.93. The summed E-state index contributed by atoms with van der Waals surface area (Å²) in [5, 5.41) is 6.77. The lowest BCUT2D eigenvalue weighted by Gasteiger charge is -2.33. The molecule has 0 spiro atoms. The van der Waals surface area contributed by atoms with Crippen molar-refractivity contribution in [3.8, 4) is 0 Å². The Labute approximate surface area is 112 Å². The molecule has 3 rings (SSSR count). The van der Waals surface area contributed by atoms with E-state index in [0.29, 0.717) is 11.5 Å². The molecular formula is C15H17N3O. The minimum Gasteiger partial charge on any atom is -0.308 e. The number of amides is 1. The zero-order valence-electron chi connectivity index (χ0n) is 11.2. The van der Waals surface area contributed by atoms with Crippen LogP contribution in [0.3, 0.4) is 0 Å². The molecule has 4 nitrogen and oxygen atoms in total. The monoisotopic (exact) mass is 255 g/mol. The number of hydrogen-bond acceptors (Lipinski definition) is 2. The first-order valence-electron chi connectivity index (χ1n) is 6.56. The summed E-state index contributed by atoms with van der Waals surface area (Å²) in [6.07, 6.45) is 2.64. The van der Waals surface area contributed by atoms with Gasteiger partial charge >= 0.3 is 0 Å². The lowest BCUT2D eigenvalue weighted by Crippen LogP contribution is -2.39. The van der Waals surface area contributed by atoms with Crippen LogP contribution in [0.25, 0.3) is 0 Å². The molecule has 1 N–H and O–H groups in total. The summed E-state index contributed by atoms with van der Waals surface area (Å²) in [6.45, 7) is 4.82. The van der Waals surface area contributed by atoms with Crippen molar-refractivity contribution in [3.63, 3.8) is 0 Å². The van der Waals surface area contributed by atoms with E-state index in [2.05, 4.69) is 23.2 Å². The van der Waals surface area contributed by atoms with Gasteiger partial charge in [0.1, 0.15) is 0 Å². The standard InChI is InChI=1S/C15H17N3O/c1-10-7-12-5-3-4-6-14(12)18(9-10)15(19)13-8-16-17-11(13)2/h3-6,8,10H,7,9H2,1-2H3,(H,16,17). The minimum absolute atomic E-state index is 0.0326. The van der Waals surface area contributed by atoms with Gasteiger partial charge in [-0.2, -0.15) is 5.10 Å². The van der Waals surface area contributed by atoms with Crippen LogP contribution in [0.4, 0.5) is 5.69 Å². The quantitative estimate of drug-likeness (QED) is 0.851. The number of para-hydroxylation sites is 1. The summed E-state index contributed by atoms with van der Waals surface area (Å²) >= 11 is 0. The van der Waals surface area contributed by atoms with Gasteiger partial charge in [-0.05, 0) is 30.9 Å². The Morgan fingerprint density at radius 1 is 1.42 bits per heavy atom. The fraction of sp³-hybridized carbons (Fsp3) is 0.333. The molecule has 0 bridgehead atoms. The molecule has 0 aliphatic carbocycles. The maximum absolute atomic E-state index is 12.7. The van der Waals surface area contributed by atoms with Gasteiger partial charge in [0.05, 0.1) is 11.8 Å². The van der Waals surface area contributed by atoms with E-state index in [-0.39, 0.29) is 5.91 Å². The number of H-pyrrole nitrogens is 1. The van der Waals surface area contributed by atoms with Crippen molar-refractivity contribution in [2.45, 2.75) is 20.3 Å². The van der Waals surface area contributed by atoms with Crippen LogP contribution in [-0.4, -0.2) is 22.6 Å². The number of anilines is 1. The van der Waals surface area contributed by atoms with Gasteiger partial charge in [0, 0.05) is 17.9 Å². The number of aryl methyl sites for hydroxylation is 1. The molecule has 1 aromatic carbocycles. The van der Waals surface area contributed by atoms with Crippen LogP contribution >= 0.6 is 0 Å². The Morgan fingerprint density at radius 2 is 2.21 bits per heavy atom. The predicted octanol–water partition coefficient (Wildman–Crippen LogP) is 2.56. The molecular weight excluding hydrogens is 238 g/mol. The van der Waals surface area contributed by atoms with Crippen molar-refractivity contribution >= 4 is 11.6 Å². The lowest BCUT2D eigenvalue weighted by molar-refractivity contribution is 0.0980. The number of carbonyl (C=O) groups is 1. The zero-order chi connectivity index (χ0) is 13.4. The van der Waals surface area contributed by atoms with Gasteiger partial charge < -0.3 is 4.90 Å². The van der Waals surface area contributed by atoms with Crippen LogP contribution in [-0.2, 0) is 6.42 Å². The summed E-state index contributed by atoms with van der Waals surface area (Å²) in [6, 6.07) is 8.14. The normalized spacial score (nSPS) is 18.2. The number of benzene rings is 1. The van der Waals surface area contributed by atoms with Gasteiger partial charge in [0.25, 0.3) is 5.91 Å². The number of rotatable bonds is 1. The third-order valence-corrected chi connectivity index (χ3v) is 3.65. The third-order valence-electron chi connectivity index (χ3n) is 3.65. The van der Waals surface area contributed by atoms with E-state index in [9.17, 15) is 4.79 Å². The number of nitrogens with zero attached hydrogens (tertiary/aromatic N) is 2. The molecule has 1 aliphatic rings. The average Bonchev–Trinajstić information content (AvgIpc) is 2.83. The molecule has 0 fully saturated rings. The summed E-state index contributed by atoms with van der Waals surface area (Å²) in [4.78, 5) is 14.5. The summed E-state index contributed by atoms with van der Waals surface area (Å²) in [5.41, 5.74) is 3.76. The Morgan fingerprint density at radius 3 is 2.95 bits per heavy atom. The number of nitrogens with one attached hydrogen (secondary N) is 1. The van der Waals surface area contributed by atoms with Gasteiger partial charge in [0.15, 0.2) is 0 Å². The van der Waals surface area contributed by atoms with E-state index < -0.39 is 0 Å². The summed E-state index contributed by atoms with van der Waals surface area (Å²) in [7, 11) is 0. The molecule has 1 unspecified atom stereocenters. The first-order valence-corrected chi connectivity index (χ1v) is 6.56. The minimum atomic E-state index is 0.0326. The van der Waals surface area contributed by atoms with Crippen LogP contribution in [0.15, 0.2) is 30.5 Å². The van der Waals surface area contributed by atoms with Crippen LogP contribution in [0, 0.1) is 12.8 Å². The van der Waals surface area contributed by atoms with Crippen molar-refractivity contribution in [1.82, 2.24) is 10.2 Å².